The molecule has 5 heterocycles. The molecule has 5 rings (SSSR count). The van der Waals surface area contributed by atoms with Crippen LogP contribution in [-0.4, -0.2) is 59.2 Å². The Balaban J connectivity index is 1.77. The first-order chi connectivity index (χ1) is 15.2. The van der Waals surface area contributed by atoms with Gasteiger partial charge in [0.25, 0.3) is 0 Å². The largest absolute Gasteiger partial charge is 0.393 e. The van der Waals surface area contributed by atoms with Crippen LogP contribution in [0.5, 0.6) is 0 Å². The molecule has 1 fully saturated rings. The molecule has 0 aromatic carbocycles. The number of anilines is 3. The van der Waals surface area contributed by atoms with Crippen LogP contribution in [-0.2, 0) is 4.74 Å². The summed E-state index contributed by atoms with van der Waals surface area (Å²) in [7, 11) is 1.82. The van der Waals surface area contributed by atoms with Gasteiger partial charge in [0.15, 0.2) is 5.82 Å². The zero-order valence-electron chi connectivity index (χ0n) is 17.5. The highest BCUT2D eigenvalue weighted by molar-refractivity contribution is 6.13. The molecule has 0 aliphatic carbocycles. The Morgan fingerprint density at radius 1 is 1.32 bits per heavy atom. The molecule has 1 saturated heterocycles. The van der Waals surface area contributed by atoms with Gasteiger partial charge in [0, 0.05) is 55.8 Å². The molecule has 3 N–H and O–H groups in total. The van der Waals surface area contributed by atoms with Crippen molar-refractivity contribution in [2.45, 2.75) is 18.9 Å². The number of aromatic nitrogens is 4. The Hall–Kier alpha value is -3.59. The predicted octanol–water partition coefficient (Wildman–Crippen LogP) is 2.70. The molecule has 158 valence electrons. The maximum Gasteiger partial charge on any atom is 0.154 e. The fourth-order valence-corrected chi connectivity index (χ4v) is 4.23. The molecule has 0 spiro atoms. The van der Waals surface area contributed by atoms with Gasteiger partial charge in [-0.1, -0.05) is 6.92 Å². The molecular weight excluding hydrogens is 392 g/mol. The summed E-state index contributed by atoms with van der Waals surface area (Å²) >= 11 is 0. The molecular formula is C22H24N8O. The Labute approximate surface area is 180 Å². The zero-order chi connectivity index (χ0) is 21.4. The summed E-state index contributed by atoms with van der Waals surface area (Å²) in [5.41, 5.74) is 5.22. The number of hydrogen-bond acceptors (Lipinski definition) is 9. The van der Waals surface area contributed by atoms with Crippen molar-refractivity contribution in [3.8, 4) is 0 Å². The maximum atomic E-state index is 7.96. The molecule has 0 radical (unpaired) electrons. The number of ether oxygens (including phenoxy) is 1. The van der Waals surface area contributed by atoms with E-state index in [9.17, 15) is 0 Å². The van der Waals surface area contributed by atoms with Crippen molar-refractivity contribution in [2.75, 3.05) is 37.0 Å². The lowest BCUT2D eigenvalue weighted by atomic mass is 9.95. The fraction of sp³-hybridized carbons (Fsp3) is 0.318. The van der Waals surface area contributed by atoms with E-state index in [0.29, 0.717) is 24.8 Å². The number of rotatable bonds is 3. The minimum atomic E-state index is -0.0128. The van der Waals surface area contributed by atoms with Gasteiger partial charge in [-0.3, -0.25) is 4.98 Å². The van der Waals surface area contributed by atoms with Crippen LogP contribution in [0, 0.1) is 5.41 Å². The van der Waals surface area contributed by atoms with Gasteiger partial charge in [0.1, 0.15) is 11.3 Å². The molecule has 0 amide bonds. The summed E-state index contributed by atoms with van der Waals surface area (Å²) in [6.45, 7) is 4.21. The quantitative estimate of drug-likeness (QED) is 0.559. The van der Waals surface area contributed by atoms with Gasteiger partial charge in [-0.05, 0) is 23.8 Å². The lowest BCUT2D eigenvalue weighted by Gasteiger charge is -2.38. The fourth-order valence-electron chi connectivity index (χ4n) is 4.23. The van der Waals surface area contributed by atoms with E-state index < -0.39 is 0 Å². The molecule has 9 heteroatoms. The zero-order valence-corrected chi connectivity index (χ0v) is 17.5. The van der Waals surface area contributed by atoms with E-state index in [0.717, 1.165) is 40.0 Å². The van der Waals surface area contributed by atoms with Crippen molar-refractivity contribution in [2.24, 2.45) is 0 Å². The van der Waals surface area contributed by atoms with Gasteiger partial charge in [-0.2, -0.15) is 5.10 Å². The van der Waals surface area contributed by atoms with E-state index in [2.05, 4.69) is 37.6 Å². The smallest absolute Gasteiger partial charge is 0.154 e. The highest BCUT2D eigenvalue weighted by atomic mass is 16.5. The second kappa shape index (κ2) is 7.92. The van der Waals surface area contributed by atoms with Gasteiger partial charge < -0.3 is 25.7 Å². The van der Waals surface area contributed by atoms with Gasteiger partial charge in [-0.25, -0.2) is 4.98 Å². The van der Waals surface area contributed by atoms with Crippen LogP contribution >= 0.6 is 0 Å². The maximum absolute atomic E-state index is 7.96. The number of hydrogen-bond donors (Lipinski definition) is 3. The van der Waals surface area contributed by atoms with Crippen molar-refractivity contribution >= 4 is 40.1 Å². The molecule has 31 heavy (non-hydrogen) atoms. The average molecular weight is 416 g/mol. The molecule has 9 nitrogen and oxygen atoms in total. The van der Waals surface area contributed by atoms with Gasteiger partial charge in [0.05, 0.1) is 30.1 Å². The molecule has 2 aliphatic rings. The van der Waals surface area contributed by atoms with Crippen molar-refractivity contribution < 1.29 is 4.74 Å². The van der Waals surface area contributed by atoms with Crippen LogP contribution < -0.4 is 15.5 Å². The van der Waals surface area contributed by atoms with E-state index in [1.807, 2.05) is 37.6 Å². The van der Waals surface area contributed by atoms with Crippen LogP contribution in [0.25, 0.3) is 16.6 Å². The summed E-state index contributed by atoms with van der Waals surface area (Å²) in [5.74, 6) is 1.46. The highest BCUT2D eigenvalue weighted by Crippen LogP contribution is 2.36. The molecule has 3 aromatic rings. The average Bonchev–Trinajstić information content (AvgIpc) is 2.81. The number of nitrogens with one attached hydrogen (secondary N) is 3. The van der Waals surface area contributed by atoms with Gasteiger partial charge in [-0.15, -0.1) is 5.10 Å². The second-order valence-corrected chi connectivity index (χ2v) is 7.76. The Morgan fingerprint density at radius 2 is 2.23 bits per heavy atom. The van der Waals surface area contributed by atoms with Crippen LogP contribution in [0.1, 0.15) is 24.0 Å². The van der Waals surface area contributed by atoms with E-state index in [1.165, 1.54) is 6.21 Å². The molecule has 2 aliphatic heterocycles. The number of nitrogens with zero attached hydrogens (tertiary/aromatic N) is 5. The summed E-state index contributed by atoms with van der Waals surface area (Å²) in [6.07, 6.45) is 6.77. The minimum absolute atomic E-state index is 0.0128. The third kappa shape index (κ3) is 3.46. The Bertz CT molecular complexity index is 1180. The van der Waals surface area contributed by atoms with Gasteiger partial charge in [0.2, 0.25) is 0 Å². The number of fused-ring (bicyclic) bond motifs is 6. The third-order valence-corrected chi connectivity index (χ3v) is 5.88. The third-order valence-electron chi connectivity index (χ3n) is 5.88. The second-order valence-electron chi connectivity index (χ2n) is 7.76. The highest BCUT2D eigenvalue weighted by Gasteiger charge is 2.30. The molecule has 3 aromatic heterocycles. The molecule has 0 saturated carbocycles. The van der Waals surface area contributed by atoms with Crippen LogP contribution in [0.4, 0.5) is 17.3 Å². The van der Waals surface area contributed by atoms with Gasteiger partial charge >= 0.3 is 0 Å². The first-order valence-electron chi connectivity index (χ1n) is 10.3. The first kappa shape index (κ1) is 19.4. The van der Waals surface area contributed by atoms with Crippen LogP contribution in [0.2, 0.25) is 0 Å². The molecule has 2 unspecified atom stereocenters. The number of pyridine rings is 2. The van der Waals surface area contributed by atoms with Crippen molar-refractivity contribution in [1.82, 2.24) is 25.5 Å². The van der Waals surface area contributed by atoms with E-state index in [4.69, 9.17) is 15.1 Å². The van der Waals surface area contributed by atoms with Crippen molar-refractivity contribution in [3.05, 3.63) is 47.9 Å². The summed E-state index contributed by atoms with van der Waals surface area (Å²) in [5, 5.41) is 22.7. The van der Waals surface area contributed by atoms with Crippen molar-refractivity contribution in [3.63, 3.8) is 0 Å². The number of allylic oxidation sites excluding steroid dienone is 1. The molecule has 6 bridgehead atoms. The van der Waals surface area contributed by atoms with E-state index >= 15 is 0 Å². The Morgan fingerprint density at radius 3 is 3.06 bits per heavy atom. The lowest BCUT2D eigenvalue weighted by molar-refractivity contribution is 0.0260. The molecule has 2 atom stereocenters. The topological polar surface area (TPSA) is 112 Å². The predicted molar refractivity (Wildman–Crippen MR) is 121 cm³/mol. The van der Waals surface area contributed by atoms with Crippen molar-refractivity contribution in [1.29, 1.82) is 5.41 Å². The van der Waals surface area contributed by atoms with E-state index in [-0.39, 0.29) is 12.0 Å². The Kier molecular flexibility index (Phi) is 4.95. The van der Waals surface area contributed by atoms with E-state index in [1.54, 1.807) is 6.20 Å². The monoisotopic (exact) mass is 416 g/mol. The number of morpholine rings is 1. The van der Waals surface area contributed by atoms with Crippen LogP contribution in [0.3, 0.4) is 0 Å². The van der Waals surface area contributed by atoms with Crippen LogP contribution in [0.15, 0.2) is 36.8 Å². The normalized spacial score (nSPS) is 20.6. The minimum Gasteiger partial charge on any atom is -0.393 e. The lowest BCUT2D eigenvalue weighted by Crippen LogP contribution is -2.45. The first-order valence-corrected chi connectivity index (χ1v) is 10.3. The summed E-state index contributed by atoms with van der Waals surface area (Å²) < 4.78 is 6.17. The summed E-state index contributed by atoms with van der Waals surface area (Å²) in [4.78, 5) is 11.8. The summed E-state index contributed by atoms with van der Waals surface area (Å²) in [6, 6.07) is 5.85. The standard InChI is InChI=1S/C22H24N8O/c1-13-14-7-20(29-26-10-14)27-19-4-3-17-21(28-19)22(30-5-6-31-18(13)12-30)16(11-25-17)15(8-23)9-24-2/h3-4,7-11,13,18,23-24H,5-6,12H2,1-2H3,(H,27,28,29)/b15-9+,23-8?. The SMILES string of the molecule is CN/C=C(\C=N)c1cnc2ccc3nc2c1N1CCOC(C1)C(C)c1cnnc(c1)N3.